The Morgan fingerprint density at radius 2 is 1.21 bits per heavy atom. The Hall–Kier alpha value is -2.12. The molecule has 0 atom stereocenters. The highest BCUT2D eigenvalue weighted by Crippen LogP contribution is 2.39. The lowest BCUT2D eigenvalue weighted by Gasteiger charge is -2.05. The van der Waals surface area contributed by atoms with E-state index in [4.69, 9.17) is 0 Å². The minimum atomic E-state index is 0.500. The van der Waals surface area contributed by atoms with Crippen molar-refractivity contribution in [2.75, 3.05) is 0 Å². The molecular weight excluding hydrogens is 308 g/mol. The molecule has 0 radical (unpaired) electrons. The van der Waals surface area contributed by atoms with Gasteiger partial charge in [-0.25, -0.2) is 0 Å². The molecule has 0 amide bonds. The van der Waals surface area contributed by atoms with E-state index >= 15 is 0 Å². The van der Waals surface area contributed by atoms with Gasteiger partial charge in [-0.3, -0.25) is 0 Å². The lowest BCUT2D eigenvalue weighted by Crippen LogP contribution is -1.93. The van der Waals surface area contributed by atoms with Crippen molar-refractivity contribution in [2.45, 2.75) is 27.7 Å². The molecule has 0 aliphatic carbocycles. The standard InChI is InChI=1S/C18H12S.C5H12/c1-2-7-13(8-3-1)14-10-6-12-17-18(14)15-9-4-5-11-16(15)19-17;1-5(2,3)4/h1-12H;1-4H3. The van der Waals surface area contributed by atoms with Crippen LogP contribution in [-0.2, 0) is 0 Å². The summed E-state index contributed by atoms with van der Waals surface area (Å²) in [7, 11) is 0. The Labute approximate surface area is 148 Å². The number of hydrogen-bond acceptors (Lipinski definition) is 1. The fourth-order valence-electron chi connectivity index (χ4n) is 2.63. The van der Waals surface area contributed by atoms with E-state index in [9.17, 15) is 0 Å². The van der Waals surface area contributed by atoms with Gasteiger partial charge in [0.15, 0.2) is 0 Å². The van der Waals surface area contributed by atoms with E-state index < -0.39 is 0 Å². The molecule has 1 heteroatoms. The Morgan fingerprint density at radius 1 is 0.625 bits per heavy atom. The number of fused-ring (bicyclic) bond motifs is 3. The second kappa shape index (κ2) is 6.78. The molecule has 0 saturated carbocycles. The minimum Gasteiger partial charge on any atom is -0.135 e. The summed E-state index contributed by atoms with van der Waals surface area (Å²) in [6.07, 6.45) is 0. The first-order chi connectivity index (χ1) is 11.4. The highest BCUT2D eigenvalue weighted by atomic mass is 32.1. The average molecular weight is 333 g/mol. The van der Waals surface area contributed by atoms with Crippen LogP contribution in [0.25, 0.3) is 31.3 Å². The Kier molecular flexibility index (Phi) is 4.73. The number of thiophene rings is 1. The van der Waals surface area contributed by atoms with Crippen molar-refractivity contribution in [3.63, 3.8) is 0 Å². The van der Waals surface area contributed by atoms with Crippen molar-refractivity contribution >= 4 is 31.5 Å². The van der Waals surface area contributed by atoms with Crippen LogP contribution in [0.3, 0.4) is 0 Å². The van der Waals surface area contributed by atoms with Crippen LogP contribution in [0, 0.1) is 5.41 Å². The quantitative estimate of drug-likeness (QED) is 0.334. The minimum absolute atomic E-state index is 0.500. The zero-order chi connectivity index (χ0) is 17.2. The van der Waals surface area contributed by atoms with E-state index in [1.165, 1.54) is 31.3 Å². The molecule has 122 valence electrons. The third kappa shape index (κ3) is 3.85. The molecule has 1 heterocycles. The SMILES string of the molecule is CC(C)(C)C.c1ccc(-c2cccc3sc4ccccc4c23)cc1. The van der Waals surface area contributed by atoms with E-state index in [1.54, 1.807) is 0 Å². The van der Waals surface area contributed by atoms with Crippen molar-refractivity contribution in [3.05, 3.63) is 72.8 Å². The van der Waals surface area contributed by atoms with Gasteiger partial charge < -0.3 is 0 Å². The molecule has 0 nitrogen and oxygen atoms in total. The lowest BCUT2D eigenvalue weighted by molar-refractivity contribution is 0.469. The first-order valence-corrected chi connectivity index (χ1v) is 9.21. The van der Waals surface area contributed by atoms with Crippen LogP contribution in [0.5, 0.6) is 0 Å². The van der Waals surface area contributed by atoms with Crippen LogP contribution >= 0.6 is 11.3 Å². The van der Waals surface area contributed by atoms with Gasteiger partial charge >= 0.3 is 0 Å². The maximum atomic E-state index is 2.22. The maximum Gasteiger partial charge on any atom is 0.0361 e. The maximum absolute atomic E-state index is 2.22. The summed E-state index contributed by atoms with van der Waals surface area (Å²) in [5.74, 6) is 0. The molecule has 24 heavy (non-hydrogen) atoms. The van der Waals surface area contributed by atoms with E-state index in [-0.39, 0.29) is 0 Å². The molecule has 0 fully saturated rings. The molecule has 0 aliphatic heterocycles. The zero-order valence-electron chi connectivity index (χ0n) is 14.8. The second-order valence-electron chi connectivity index (χ2n) is 7.64. The summed E-state index contributed by atoms with van der Waals surface area (Å²) in [6.45, 7) is 8.75. The second-order valence-corrected chi connectivity index (χ2v) is 8.73. The summed E-state index contributed by atoms with van der Waals surface area (Å²) < 4.78 is 2.73. The van der Waals surface area contributed by atoms with Gasteiger partial charge in [-0.1, -0.05) is 88.4 Å². The monoisotopic (exact) mass is 332 g/mol. The van der Waals surface area contributed by atoms with Gasteiger partial charge in [0.25, 0.3) is 0 Å². The topological polar surface area (TPSA) is 0 Å². The van der Waals surface area contributed by atoms with E-state index in [2.05, 4.69) is 100 Å². The summed E-state index contributed by atoms with van der Waals surface area (Å²) in [5, 5.41) is 2.75. The van der Waals surface area contributed by atoms with Crippen LogP contribution in [0.4, 0.5) is 0 Å². The number of benzene rings is 3. The van der Waals surface area contributed by atoms with Crippen molar-refractivity contribution in [1.82, 2.24) is 0 Å². The van der Waals surface area contributed by atoms with Gasteiger partial charge in [-0.15, -0.1) is 11.3 Å². The summed E-state index contributed by atoms with van der Waals surface area (Å²) in [6, 6.07) is 25.9. The molecule has 0 unspecified atom stereocenters. The third-order valence-corrected chi connectivity index (χ3v) is 4.62. The van der Waals surface area contributed by atoms with E-state index in [0.717, 1.165) is 0 Å². The molecular formula is C23H24S. The summed E-state index contributed by atoms with van der Waals surface area (Å²) in [4.78, 5) is 0. The van der Waals surface area contributed by atoms with Crippen molar-refractivity contribution < 1.29 is 0 Å². The van der Waals surface area contributed by atoms with Gasteiger partial charge in [0.05, 0.1) is 0 Å². The highest BCUT2D eigenvalue weighted by Gasteiger charge is 2.09. The van der Waals surface area contributed by atoms with Crippen LogP contribution < -0.4 is 0 Å². The highest BCUT2D eigenvalue weighted by molar-refractivity contribution is 7.25. The molecule has 4 aromatic rings. The van der Waals surface area contributed by atoms with Crippen LogP contribution in [0.2, 0.25) is 0 Å². The third-order valence-electron chi connectivity index (χ3n) is 3.49. The van der Waals surface area contributed by atoms with Crippen LogP contribution in [0.1, 0.15) is 27.7 Å². The van der Waals surface area contributed by atoms with Crippen LogP contribution in [-0.4, -0.2) is 0 Å². The Balaban J connectivity index is 0.000000300. The van der Waals surface area contributed by atoms with Crippen molar-refractivity contribution in [1.29, 1.82) is 0 Å². The fourth-order valence-corrected chi connectivity index (χ4v) is 3.77. The predicted molar refractivity (Wildman–Crippen MR) is 110 cm³/mol. The Bertz CT molecular complexity index is 934. The molecule has 1 aromatic heterocycles. The number of hydrogen-bond donors (Lipinski definition) is 0. The van der Waals surface area contributed by atoms with Gasteiger partial charge in [0.1, 0.15) is 0 Å². The first kappa shape index (κ1) is 16.7. The zero-order valence-corrected chi connectivity index (χ0v) is 15.7. The normalized spacial score (nSPS) is 11.3. The lowest BCUT2D eigenvalue weighted by atomic mass is 10.00. The van der Waals surface area contributed by atoms with Gasteiger partial charge in [0.2, 0.25) is 0 Å². The molecule has 0 bridgehead atoms. The van der Waals surface area contributed by atoms with Crippen molar-refractivity contribution in [2.24, 2.45) is 5.41 Å². The van der Waals surface area contributed by atoms with Crippen molar-refractivity contribution in [3.8, 4) is 11.1 Å². The molecule has 0 spiro atoms. The molecule has 0 aliphatic rings. The fraction of sp³-hybridized carbons (Fsp3) is 0.217. The summed E-state index contributed by atoms with van der Waals surface area (Å²) >= 11 is 1.87. The number of rotatable bonds is 1. The summed E-state index contributed by atoms with van der Waals surface area (Å²) in [5.41, 5.74) is 3.12. The van der Waals surface area contributed by atoms with E-state index in [0.29, 0.717) is 5.41 Å². The van der Waals surface area contributed by atoms with Gasteiger partial charge in [0, 0.05) is 20.2 Å². The first-order valence-electron chi connectivity index (χ1n) is 8.39. The van der Waals surface area contributed by atoms with Crippen LogP contribution in [0.15, 0.2) is 72.8 Å². The largest absolute Gasteiger partial charge is 0.135 e. The Morgan fingerprint density at radius 3 is 1.92 bits per heavy atom. The van der Waals surface area contributed by atoms with Gasteiger partial charge in [-0.05, 0) is 28.7 Å². The molecule has 3 aromatic carbocycles. The average Bonchev–Trinajstić information content (AvgIpc) is 2.93. The molecule has 0 saturated heterocycles. The smallest absolute Gasteiger partial charge is 0.0361 e. The molecule has 0 N–H and O–H groups in total. The predicted octanol–water partition coefficient (Wildman–Crippen LogP) is 7.77. The van der Waals surface area contributed by atoms with Gasteiger partial charge in [-0.2, -0.15) is 0 Å². The molecule has 4 rings (SSSR count). The van der Waals surface area contributed by atoms with E-state index in [1.807, 2.05) is 11.3 Å².